The molecule has 0 aliphatic heterocycles. The van der Waals surface area contributed by atoms with Crippen molar-refractivity contribution in [3.05, 3.63) is 182 Å². The number of fused-ring (bicyclic) bond motifs is 6. The maximum absolute atomic E-state index is 9.95. The van der Waals surface area contributed by atoms with E-state index in [4.69, 9.17) is 6.85 Å². The van der Waals surface area contributed by atoms with Gasteiger partial charge in [0.2, 0.25) is 0 Å². The fourth-order valence-electron chi connectivity index (χ4n) is 6.34. The summed E-state index contributed by atoms with van der Waals surface area (Å²) in [6.07, 6.45) is 0. The minimum Gasteiger partial charge on any atom is -0.310 e. The van der Waals surface area contributed by atoms with Gasteiger partial charge in [0.1, 0.15) is 0 Å². The predicted octanol–water partition coefficient (Wildman–Crippen LogP) is 12.2. The summed E-state index contributed by atoms with van der Waals surface area (Å²) in [6, 6.07) is 40.4. The highest BCUT2D eigenvalue weighted by Gasteiger charge is 2.18. The van der Waals surface area contributed by atoms with Crippen molar-refractivity contribution in [1.29, 1.82) is 0 Å². The van der Waals surface area contributed by atoms with E-state index < -0.39 is 12.1 Å². The average molecular weight is 595 g/mol. The summed E-state index contributed by atoms with van der Waals surface area (Å²) in [5.74, 6) is 0. The normalized spacial score (nSPS) is 13.9. The van der Waals surface area contributed by atoms with Crippen LogP contribution in [0, 0.1) is 0 Å². The lowest BCUT2D eigenvalue weighted by atomic mass is 10.0. The Morgan fingerprint density at radius 2 is 1.15 bits per heavy atom. The molecule has 0 aliphatic rings. The standard InChI is InChI=1S/C44H30N2/c1-3-13-36(14-4-1)45(38-25-21-32(22-26-38)35-20-19-31-11-7-8-12-34(31)29-35)39-27-23-33-24-28-41-40-17-9-10-18-43(40)46(44(41)42(33)30-39)37-15-5-2-6-16-37/h1-30H/i9D,10D,17D,18D,23D,24D,27D,30D. The van der Waals surface area contributed by atoms with Gasteiger partial charge in [0.15, 0.2) is 0 Å². The third-order valence-corrected chi connectivity index (χ3v) is 8.50. The minimum absolute atomic E-state index is 0.0937. The number of aromatic nitrogens is 1. The molecule has 0 amide bonds. The number of hydrogen-bond acceptors (Lipinski definition) is 1. The summed E-state index contributed by atoms with van der Waals surface area (Å²) in [5.41, 5.74) is 4.66. The van der Waals surface area contributed by atoms with Gasteiger partial charge in [-0.05, 0) is 87.9 Å². The molecule has 0 saturated carbocycles. The van der Waals surface area contributed by atoms with Crippen molar-refractivity contribution < 1.29 is 11.0 Å². The van der Waals surface area contributed by atoms with Gasteiger partial charge in [0.25, 0.3) is 0 Å². The van der Waals surface area contributed by atoms with Crippen LogP contribution >= 0.6 is 0 Å². The second-order valence-electron chi connectivity index (χ2n) is 11.2. The fraction of sp³-hybridized carbons (Fsp3) is 0. The molecule has 0 unspecified atom stereocenters. The first-order valence-corrected chi connectivity index (χ1v) is 15.1. The van der Waals surface area contributed by atoms with Crippen molar-refractivity contribution in [2.75, 3.05) is 4.90 Å². The zero-order valence-corrected chi connectivity index (χ0v) is 24.6. The van der Waals surface area contributed by atoms with Gasteiger partial charge in [-0.2, -0.15) is 0 Å². The van der Waals surface area contributed by atoms with Crippen molar-refractivity contribution in [3.8, 4) is 16.8 Å². The second-order valence-corrected chi connectivity index (χ2v) is 11.2. The van der Waals surface area contributed by atoms with Gasteiger partial charge in [0, 0.05) is 38.9 Å². The van der Waals surface area contributed by atoms with Crippen LogP contribution in [0.2, 0.25) is 0 Å². The molecule has 0 spiro atoms. The number of rotatable bonds is 5. The van der Waals surface area contributed by atoms with Crippen LogP contribution in [0.1, 0.15) is 11.0 Å². The topological polar surface area (TPSA) is 8.17 Å². The Hall–Kier alpha value is -6.12. The van der Waals surface area contributed by atoms with Gasteiger partial charge in [-0.15, -0.1) is 0 Å². The molecule has 0 N–H and O–H groups in total. The first-order valence-electron chi connectivity index (χ1n) is 19.1. The largest absolute Gasteiger partial charge is 0.310 e. The summed E-state index contributed by atoms with van der Waals surface area (Å²) in [5, 5.41) is 3.16. The zero-order valence-electron chi connectivity index (χ0n) is 32.6. The van der Waals surface area contributed by atoms with Crippen LogP contribution in [-0.2, 0) is 0 Å². The highest BCUT2D eigenvalue weighted by atomic mass is 15.1. The van der Waals surface area contributed by atoms with Crippen LogP contribution in [0.15, 0.2) is 182 Å². The molecular weight excluding hydrogens is 556 g/mol. The molecule has 0 fully saturated rings. The molecule has 46 heavy (non-hydrogen) atoms. The molecule has 2 nitrogen and oxygen atoms in total. The first-order chi connectivity index (χ1) is 26.2. The molecule has 0 atom stereocenters. The molecule has 0 aliphatic carbocycles. The van der Waals surface area contributed by atoms with Gasteiger partial charge in [-0.25, -0.2) is 0 Å². The Balaban J connectivity index is 1.37. The molecule has 2 heteroatoms. The molecule has 0 saturated heterocycles. The molecule has 0 bridgehead atoms. The Labute approximate surface area is 279 Å². The summed E-state index contributed by atoms with van der Waals surface area (Å²) >= 11 is 0. The zero-order chi connectivity index (χ0) is 37.4. The summed E-state index contributed by atoms with van der Waals surface area (Å²) in [6.45, 7) is 0. The third kappa shape index (κ3) is 4.35. The average Bonchev–Trinajstić information content (AvgIpc) is 3.55. The van der Waals surface area contributed by atoms with E-state index in [0.717, 1.165) is 21.9 Å². The van der Waals surface area contributed by atoms with Crippen LogP contribution in [0.4, 0.5) is 17.1 Å². The quantitative estimate of drug-likeness (QED) is 0.192. The number of benzene rings is 8. The first kappa shape index (κ1) is 19.3. The fourth-order valence-corrected chi connectivity index (χ4v) is 6.34. The van der Waals surface area contributed by atoms with E-state index >= 15 is 0 Å². The number of nitrogens with zero attached hydrogens (tertiary/aromatic N) is 2. The van der Waals surface area contributed by atoms with Crippen molar-refractivity contribution in [1.82, 2.24) is 4.57 Å². The van der Waals surface area contributed by atoms with Gasteiger partial charge < -0.3 is 9.47 Å². The van der Waals surface area contributed by atoms with Crippen LogP contribution in [0.3, 0.4) is 0 Å². The van der Waals surface area contributed by atoms with E-state index in [2.05, 4.69) is 30.3 Å². The van der Waals surface area contributed by atoms with Crippen LogP contribution in [-0.4, -0.2) is 4.57 Å². The van der Waals surface area contributed by atoms with Crippen molar-refractivity contribution in [2.45, 2.75) is 0 Å². The molecule has 216 valence electrons. The minimum atomic E-state index is -0.400. The van der Waals surface area contributed by atoms with E-state index in [0.29, 0.717) is 28.0 Å². The van der Waals surface area contributed by atoms with E-state index in [1.165, 1.54) is 6.07 Å². The molecular formula is C44H30N2. The molecule has 9 aromatic rings. The van der Waals surface area contributed by atoms with E-state index in [-0.39, 0.29) is 63.6 Å². The molecule has 1 heterocycles. The maximum Gasteiger partial charge on any atom is 0.0652 e. The van der Waals surface area contributed by atoms with E-state index in [1.807, 2.05) is 97.1 Å². The summed E-state index contributed by atoms with van der Waals surface area (Å²) < 4.78 is 74.6. The lowest BCUT2D eigenvalue weighted by Gasteiger charge is -2.26. The number of para-hydroxylation sites is 3. The molecule has 9 rings (SSSR count). The molecule has 0 radical (unpaired) electrons. The van der Waals surface area contributed by atoms with Gasteiger partial charge in [-0.3, -0.25) is 0 Å². The smallest absolute Gasteiger partial charge is 0.0652 e. The molecule has 8 aromatic carbocycles. The Bertz CT molecular complexity index is 2960. The highest BCUT2D eigenvalue weighted by molar-refractivity contribution is 6.19. The maximum atomic E-state index is 9.95. The van der Waals surface area contributed by atoms with Gasteiger partial charge >= 0.3 is 0 Å². The third-order valence-electron chi connectivity index (χ3n) is 8.50. The van der Waals surface area contributed by atoms with Crippen LogP contribution < -0.4 is 4.90 Å². The molecule has 1 aromatic heterocycles. The van der Waals surface area contributed by atoms with Crippen molar-refractivity contribution in [2.24, 2.45) is 0 Å². The number of hydrogen-bond donors (Lipinski definition) is 0. The second kappa shape index (κ2) is 10.8. The summed E-state index contributed by atoms with van der Waals surface area (Å²) in [7, 11) is 0. The summed E-state index contributed by atoms with van der Waals surface area (Å²) in [4.78, 5) is 1.79. The Morgan fingerprint density at radius 1 is 0.457 bits per heavy atom. The van der Waals surface area contributed by atoms with Gasteiger partial charge in [-0.1, -0.05) is 121 Å². The number of anilines is 3. The van der Waals surface area contributed by atoms with E-state index in [1.54, 1.807) is 9.47 Å². The monoisotopic (exact) mass is 594 g/mol. The Kier molecular flexibility index (Phi) is 4.53. The lowest BCUT2D eigenvalue weighted by Crippen LogP contribution is -2.09. The van der Waals surface area contributed by atoms with Crippen LogP contribution in [0.5, 0.6) is 0 Å². The Morgan fingerprint density at radius 3 is 1.98 bits per heavy atom. The lowest BCUT2D eigenvalue weighted by molar-refractivity contribution is 1.19. The SMILES string of the molecule is [2H]c1c(N(c2ccccc2)c2ccc(-c3ccc4ccccc4c3)cc2)c([2H])c2c(c([2H])cc3c4c([2H])c([2H])c([2H])c([2H])c4n(-c4ccccc4)c32)c1[2H]. The van der Waals surface area contributed by atoms with Gasteiger partial charge in [0.05, 0.1) is 22.0 Å². The van der Waals surface area contributed by atoms with Crippen molar-refractivity contribution in [3.63, 3.8) is 0 Å². The van der Waals surface area contributed by atoms with E-state index in [9.17, 15) is 4.11 Å². The predicted molar refractivity (Wildman–Crippen MR) is 196 cm³/mol. The van der Waals surface area contributed by atoms with Crippen molar-refractivity contribution >= 4 is 60.4 Å². The van der Waals surface area contributed by atoms with Crippen LogP contribution in [0.25, 0.3) is 60.2 Å². The highest BCUT2D eigenvalue weighted by Crippen LogP contribution is 2.41.